The van der Waals surface area contributed by atoms with Crippen LogP contribution in [0.3, 0.4) is 0 Å². The summed E-state index contributed by atoms with van der Waals surface area (Å²) in [5.41, 5.74) is 2.39. The summed E-state index contributed by atoms with van der Waals surface area (Å²) in [5, 5.41) is 3.47. The van der Waals surface area contributed by atoms with E-state index in [1.165, 1.54) is 4.68 Å². The van der Waals surface area contributed by atoms with Crippen LogP contribution in [-0.4, -0.2) is 25.1 Å². The smallest absolute Gasteiger partial charge is 0.353 e. The highest BCUT2D eigenvalue weighted by Crippen LogP contribution is 2.33. The van der Waals surface area contributed by atoms with E-state index in [1.54, 1.807) is 30.3 Å². The van der Waals surface area contributed by atoms with E-state index in [2.05, 4.69) is 10.1 Å². The highest BCUT2D eigenvalue weighted by Gasteiger charge is 2.23. The fourth-order valence-corrected chi connectivity index (χ4v) is 3.92. The monoisotopic (exact) mass is 386 g/mol. The molecule has 0 atom stereocenters. The quantitative estimate of drug-likeness (QED) is 0.567. The van der Waals surface area contributed by atoms with Crippen LogP contribution in [0.5, 0.6) is 0 Å². The van der Waals surface area contributed by atoms with Crippen molar-refractivity contribution in [2.45, 2.75) is 19.3 Å². The second kappa shape index (κ2) is 6.63. The molecule has 1 aliphatic rings. The first kappa shape index (κ1) is 17.2. The Hall–Kier alpha value is -3.87. The van der Waals surface area contributed by atoms with Gasteiger partial charge in [-0.1, -0.05) is 36.4 Å². The minimum Gasteiger partial charge on any atom is -0.353 e. The van der Waals surface area contributed by atoms with Crippen LogP contribution < -0.4 is 11.4 Å². The number of hydrogen-bond acceptors (Lipinski definition) is 3. The van der Waals surface area contributed by atoms with Gasteiger partial charge in [0.05, 0.1) is 11.4 Å². The molecule has 7 heteroatoms. The number of ketones is 1. The molecular formula is C22H18N4O3. The first-order chi connectivity index (χ1) is 14.1. The lowest BCUT2D eigenvalue weighted by molar-refractivity contribution is -0.114. The normalized spacial score (nSPS) is 14.3. The van der Waals surface area contributed by atoms with Gasteiger partial charge < -0.3 is 4.98 Å². The molecule has 29 heavy (non-hydrogen) atoms. The van der Waals surface area contributed by atoms with Crippen LogP contribution in [0.2, 0.25) is 0 Å². The van der Waals surface area contributed by atoms with E-state index in [9.17, 15) is 14.4 Å². The summed E-state index contributed by atoms with van der Waals surface area (Å²) >= 11 is 0. The van der Waals surface area contributed by atoms with Crippen LogP contribution >= 0.6 is 0 Å². The molecule has 0 bridgehead atoms. The lowest BCUT2D eigenvalue weighted by Gasteiger charge is -2.12. The maximum Gasteiger partial charge on any atom is 0.356 e. The van der Waals surface area contributed by atoms with E-state index in [0.29, 0.717) is 23.5 Å². The Kier molecular flexibility index (Phi) is 3.94. The lowest BCUT2D eigenvalue weighted by atomic mass is 9.95. The zero-order valence-corrected chi connectivity index (χ0v) is 15.5. The minimum absolute atomic E-state index is 0.0681. The average molecular weight is 386 g/mol. The molecule has 144 valence electrons. The van der Waals surface area contributed by atoms with Gasteiger partial charge >= 0.3 is 11.4 Å². The average Bonchev–Trinajstić information content (AvgIpc) is 3.25. The SMILES string of the molecule is O=C1C=C(c2[nH]c3ccccc3c2-n2[nH]c(=O)n(-c3ccccc3)c2=O)CCC1. The van der Waals surface area contributed by atoms with Crippen molar-refractivity contribution >= 4 is 22.3 Å². The molecule has 2 N–H and O–H groups in total. The Bertz CT molecular complexity index is 1380. The van der Waals surface area contributed by atoms with Crippen LogP contribution in [0.25, 0.3) is 27.9 Å². The van der Waals surface area contributed by atoms with E-state index in [-0.39, 0.29) is 5.78 Å². The van der Waals surface area contributed by atoms with Crippen molar-refractivity contribution in [1.29, 1.82) is 0 Å². The van der Waals surface area contributed by atoms with Crippen molar-refractivity contribution in [2.75, 3.05) is 0 Å². The highest BCUT2D eigenvalue weighted by molar-refractivity contribution is 6.02. The summed E-state index contributed by atoms with van der Waals surface area (Å²) in [4.78, 5) is 41.2. The Morgan fingerprint density at radius 1 is 0.862 bits per heavy atom. The van der Waals surface area contributed by atoms with Gasteiger partial charge in [0.2, 0.25) is 0 Å². The van der Waals surface area contributed by atoms with E-state index >= 15 is 0 Å². The van der Waals surface area contributed by atoms with Crippen LogP contribution in [0, 0.1) is 0 Å². The molecule has 0 saturated heterocycles. The third-order valence-corrected chi connectivity index (χ3v) is 5.24. The predicted octanol–water partition coefficient (Wildman–Crippen LogP) is 2.93. The number of para-hydroxylation sites is 2. The number of carbonyl (C=O) groups is 1. The number of fused-ring (bicyclic) bond motifs is 1. The first-order valence-electron chi connectivity index (χ1n) is 9.48. The van der Waals surface area contributed by atoms with Gasteiger partial charge in [0.1, 0.15) is 5.69 Å². The standard InChI is InChI=1S/C22H18N4O3/c27-16-10-6-7-14(13-16)19-20(17-11-4-5-12-18(17)23-19)26-22(29)25(21(28)24-26)15-8-2-1-3-9-15/h1-5,8-9,11-13,23H,6-7,10H2,(H,24,28). The second-order valence-electron chi connectivity index (χ2n) is 7.09. The molecule has 0 radical (unpaired) electrons. The molecule has 2 heterocycles. The summed E-state index contributed by atoms with van der Waals surface area (Å²) in [7, 11) is 0. The van der Waals surface area contributed by atoms with E-state index in [4.69, 9.17) is 0 Å². The maximum atomic E-state index is 13.2. The molecule has 0 unspecified atom stereocenters. The van der Waals surface area contributed by atoms with Crippen molar-refractivity contribution in [1.82, 2.24) is 19.3 Å². The third kappa shape index (κ3) is 2.79. The maximum absolute atomic E-state index is 13.2. The van der Waals surface area contributed by atoms with E-state index in [0.717, 1.165) is 33.9 Å². The molecule has 0 fully saturated rings. The fraction of sp³-hybridized carbons (Fsp3) is 0.136. The molecule has 0 amide bonds. The van der Waals surface area contributed by atoms with Crippen LogP contribution in [0.1, 0.15) is 25.0 Å². The lowest BCUT2D eigenvalue weighted by Crippen LogP contribution is -2.27. The van der Waals surface area contributed by atoms with Crippen LogP contribution in [0.4, 0.5) is 0 Å². The van der Waals surface area contributed by atoms with Gasteiger partial charge in [0, 0.05) is 17.3 Å². The summed E-state index contributed by atoms with van der Waals surface area (Å²) in [6, 6.07) is 16.4. The largest absolute Gasteiger partial charge is 0.356 e. The van der Waals surface area contributed by atoms with Gasteiger partial charge in [-0.15, -0.1) is 0 Å². The highest BCUT2D eigenvalue weighted by atomic mass is 16.2. The number of carbonyl (C=O) groups excluding carboxylic acids is 1. The minimum atomic E-state index is -0.522. The number of hydrogen-bond donors (Lipinski definition) is 2. The predicted molar refractivity (Wildman–Crippen MR) is 111 cm³/mol. The molecule has 0 spiro atoms. The molecule has 7 nitrogen and oxygen atoms in total. The zero-order valence-electron chi connectivity index (χ0n) is 15.5. The molecule has 0 saturated carbocycles. The molecule has 0 aliphatic heterocycles. The van der Waals surface area contributed by atoms with Crippen molar-refractivity contribution in [2.24, 2.45) is 0 Å². The van der Waals surface area contributed by atoms with E-state index < -0.39 is 11.4 Å². The molecule has 5 rings (SSSR count). The van der Waals surface area contributed by atoms with Gasteiger partial charge in [-0.05, 0) is 42.7 Å². The number of nitrogens with one attached hydrogen (secondary N) is 2. The summed E-state index contributed by atoms with van der Waals surface area (Å²) in [6.45, 7) is 0. The molecule has 1 aliphatic carbocycles. The van der Waals surface area contributed by atoms with Crippen molar-refractivity contribution in [3.05, 3.63) is 87.3 Å². The third-order valence-electron chi connectivity index (χ3n) is 5.24. The zero-order chi connectivity index (χ0) is 20.0. The van der Waals surface area contributed by atoms with Crippen LogP contribution in [-0.2, 0) is 4.79 Å². The Morgan fingerprint density at radius 3 is 2.41 bits per heavy atom. The Morgan fingerprint density at radius 2 is 1.62 bits per heavy atom. The summed E-state index contributed by atoms with van der Waals surface area (Å²) in [5.74, 6) is 0.0681. The number of benzene rings is 2. The fourth-order valence-electron chi connectivity index (χ4n) is 3.92. The number of H-pyrrole nitrogens is 2. The van der Waals surface area contributed by atoms with Gasteiger partial charge in [-0.25, -0.2) is 19.3 Å². The molecule has 2 aromatic heterocycles. The van der Waals surface area contributed by atoms with Gasteiger partial charge in [0.25, 0.3) is 0 Å². The first-order valence-corrected chi connectivity index (χ1v) is 9.48. The van der Waals surface area contributed by atoms with Crippen LogP contribution in [0.15, 0.2) is 70.3 Å². The number of nitrogens with zero attached hydrogens (tertiary/aromatic N) is 2. The molecule has 4 aromatic rings. The number of aromatic nitrogens is 4. The van der Waals surface area contributed by atoms with Crippen molar-refractivity contribution < 1.29 is 4.79 Å². The van der Waals surface area contributed by atoms with Gasteiger partial charge in [-0.3, -0.25) is 4.79 Å². The Balaban J connectivity index is 1.81. The molecule has 2 aromatic carbocycles. The number of rotatable bonds is 3. The summed E-state index contributed by atoms with van der Waals surface area (Å²) in [6.07, 6.45) is 3.65. The van der Waals surface area contributed by atoms with E-state index in [1.807, 2.05) is 30.3 Å². The second-order valence-corrected chi connectivity index (χ2v) is 7.09. The van der Waals surface area contributed by atoms with Crippen molar-refractivity contribution in [3.63, 3.8) is 0 Å². The van der Waals surface area contributed by atoms with Crippen molar-refractivity contribution in [3.8, 4) is 11.4 Å². The Labute approximate surface area is 164 Å². The molecular weight excluding hydrogens is 368 g/mol. The number of aromatic amines is 2. The van der Waals surface area contributed by atoms with Gasteiger partial charge in [-0.2, -0.15) is 4.68 Å². The van der Waals surface area contributed by atoms with Gasteiger partial charge in [0.15, 0.2) is 5.78 Å². The summed E-state index contributed by atoms with van der Waals surface area (Å²) < 4.78 is 2.37. The number of allylic oxidation sites excluding steroid dienone is 2. The topological polar surface area (TPSA) is 92.7 Å².